The van der Waals surface area contributed by atoms with Gasteiger partial charge >= 0.3 is 6.09 Å². The molecule has 3 aromatic carbocycles. The highest BCUT2D eigenvalue weighted by molar-refractivity contribution is 5.94. The number of nitrogens with zero attached hydrogens (tertiary/aromatic N) is 1. The van der Waals surface area contributed by atoms with Crippen LogP contribution in [0, 0.1) is 0 Å². The zero-order valence-electron chi connectivity index (χ0n) is 26.0. The van der Waals surface area contributed by atoms with E-state index < -0.39 is 17.7 Å². The predicted molar refractivity (Wildman–Crippen MR) is 173 cm³/mol. The number of likely N-dealkylation sites (tertiary alicyclic amines) is 1. The maximum atomic E-state index is 13.6. The van der Waals surface area contributed by atoms with Gasteiger partial charge in [-0.15, -0.1) is 0 Å². The molecule has 0 aliphatic carbocycles. The first kappa shape index (κ1) is 33.2. The Hall–Kier alpha value is -4.66. The summed E-state index contributed by atoms with van der Waals surface area (Å²) in [6.07, 6.45) is 3.42. The lowest BCUT2D eigenvalue weighted by Crippen LogP contribution is -2.61. The summed E-state index contributed by atoms with van der Waals surface area (Å²) in [5.74, 6) is -0.682. The summed E-state index contributed by atoms with van der Waals surface area (Å²) in [4.78, 5) is 54.0. The number of alkyl carbamates (subject to hydrolysis) is 1. The van der Waals surface area contributed by atoms with Gasteiger partial charge in [-0.05, 0) is 55.7 Å². The first-order chi connectivity index (χ1) is 21.8. The van der Waals surface area contributed by atoms with Crippen molar-refractivity contribution in [2.75, 3.05) is 19.6 Å². The number of benzene rings is 3. The van der Waals surface area contributed by atoms with Crippen LogP contribution in [-0.2, 0) is 38.6 Å². The lowest BCUT2D eigenvalue weighted by atomic mass is 9.91. The Balaban J connectivity index is 1.28. The number of carbonyl (C=O) groups excluding carboxylic acids is 4. The van der Waals surface area contributed by atoms with Gasteiger partial charge in [-0.25, -0.2) is 4.79 Å². The van der Waals surface area contributed by atoms with E-state index in [-0.39, 0.29) is 30.7 Å². The molecule has 238 valence electrons. The third-order valence-corrected chi connectivity index (χ3v) is 8.00. The third-order valence-electron chi connectivity index (χ3n) is 8.00. The molecule has 1 aliphatic heterocycles. The van der Waals surface area contributed by atoms with Crippen molar-refractivity contribution in [3.8, 4) is 0 Å². The summed E-state index contributed by atoms with van der Waals surface area (Å²) in [5.41, 5.74) is 1.74. The van der Waals surface area contributed by atoms with Gasteiger partial charge in [0.25, 0.3) is 0 Å². The summed E-state index contributed by atoms with van der Waals surface area (Å²) < 4.78 is 5.22. The summed E-state index contributed by atoms with van der Waals surface area (Å²) in [6, 6.07) is 28.4. The second kappa shape index (κ2) is 17.0. The molecule has 1 heterocycles. The minimum atomic E-state index is -1.24. The van der Waals surface area contributed by atoms with Gasteiger partial charge in [0.15, 0.2) is 0 Å². The van der Waals surface area contributed by atoms with Crippen molar-refractivity contribution in [3.63, 3.8) is 0 Å². The van der Waals surface area contributed by atoms with E-state index in [0.717, 1.165) is 24.0 Å². The SMILES string of the molecule is C[C@@](Cc1ccccc1)(NC(=O)[C@@H]1CCCN1C(=O)CCCc1ccccc1)C(=O)NCCCNC(=O)OCc1ccccc1. The molecule has 9 nitrogen and oxygen atoms in total. The summed E-state index contributed by atoms with van der Waals surface area (Å²) >= 11 is 0. The number of carbonyl (C=O) groups is 4. The molecule has 0 bridgehead atoms. The van der Waals surface area contributed by atoms with E-state index in [1.807, 2.05) is 91.0 Å². The molecule has 9 heteroatoms. The highest BCUT2D eigenvalue weighted by atomic mass is 16.5. The molecule has 3 aromatic rings. The van der Waals surface area contributed by atoms with E-state index in [2.05, 4.69) is 16.0 Å². The van der Waals surface area contributed by atoms with E-state index in [1.54, 1.807) is 11.8 Å². The minimum absolute atomic E-state index is 0.0346. The molecule has 45 heavy (non-hydrogen) atoms. The number of ether oxygens (including phenoxy) is 1. The normalized spacial score (nSPS) is 15.5. The zero-order chi connectivity index (χ0) is 31.9. The highest BCUT2D eigenvalue weighted by Crippen LogP contribution is 2.22. The minimum Gasteiger partial charge on any atom is -0.445 e. The van der Waals surface area contributed by atoms with Gasteiger partial charge in [0.05, 0.1) is 0 Å². The topological polar surface area (TPSA) is 117 Å². The smallest absolute Gasteiger partial charge is 0.407 e. The molecule has 0 saturated carbocycles. The van der Waals surface area contributed by atoms with Crippen LogP contribution in [0.4, 0.5) is 4.79 Å². The Morgan fingerprint density at radius 1 is 0.800 bits per heavy atom. The number of hydrogen-bond donors (Lipinski definition) is 3. The zero-order valence-corrected chi connectivity index (χ0v) is 26.0. The van der Waals surface area contributed by atoms with Crippen LogP contribution in [0.15, 0.2) is 91.0 Å². The fourth-order valence-electron chi connectivity index (χ4n) is 5.56. The Labute approximate surface area is 265 Å². The molecule has 0 spiro atoms. The largest absolute Gasteiger partial charge is 0.445 e. The monoisotopic (exact) mass is 612 g/mol. The maximum Gasteiger partial charge on any atom is 0.407 e. The number of hydrogen-bond acceptors (Lipinski definition) is 5. The van der Waals surface area contributed by atoms with Crippen molar-refractivity contribution in [1.82, 2.24) is 20.9 Å². The van der Waals surface area contributed by atoms with Crippen LogP contribution in [0.1, 0.15) is 55.7 Å². The van der Waals surface area contributed by atoms with Crippen molar-refractivity contribution in [3.05, 3.63) is 108 Å². The van der Waals surface area contributed by atoms with Crippen LogP contribution in [0.3, 0.4) is 0 Å². The lowest BCUT2D eigenvalue weighted by molar-refractivity contribution is -0.141. The Morgan fingerprint density at radius 3 is 2.07 bits per heavy atom. The van der Waals surface area contributed by atoms with Crippen LogP contribution < -0.4 is 16.0 Å². The van der Waals surface area contributed by atoms with Gasteiger partial charge in [0.2, 0.25) is 17.7 Å². The summed E-state index contributed by atoms with van der Waals surface area (Å²) in [7, 11) is 0. The molecule has 4 amide bonds. The standard InChI is InChI=1S/C36H44N4O5/c1-36(26-29-16-7-3-8-17-29,34(43)37-23-13-24-38-35(44)45-27-30-18-9-4-10-19-30)39-33(42)31-21-12-25-40(31)32(41)22-11-20-28-14-5-2-6-15-28/h2-10,14-19,31H,11-13,20-27H2,1H3,(H,37,43)(H,38,44)(H,39,42)/t31-,36-/m0/s1. The molecule has 1 aliphatic rings. The first-order valence-corrected chi connectivity index (χ1v) is 15.8. The summed E-state index contributed by atoms with van der Waals surface area (Å²) in [5, 5.41) is 8.62. The molecule has 4 rings (SSSR count). The quantitative estimate of drug-likeness (QED) is 0.218. The van der Waals surface area contributed by atoms with Gasteiger partial charge in [-0.3, -0.25) is 14.4 Å². The van der Waals surface area contributed by atoms with Crippen molar-refractivity contribution in [1.29, 1.82) is 0 Å². The molecule has 0 radical (unpaired) electrons. The average Bonchev–Trinajstić information content (AvgIpc) is 3.56. The van der Waals surface area contributed by atoms with Crippen molar-refractivity contribution in [2.24, 2.45) is 0 Å². The molecular formula is C36H44N4O5. The number of aryl methyl sites for hydroxylation is 1. The average molecular weight is 613 g/mol. The number of rotatable bonds is 15. The fraction of sp³-hybridized carbons (Fsp3) is 0.389. The second-order valence-corrected chi connectivity index (χ2v) is 11.7. The van der Waals surface area contributed by atoms with Crippen LogP contribution in [-0.4, -0.2) is 59.9 Å². The summed E-state index contributed by atoms with van der Waals surface area (Å²) in [6.45, 7) is 3.04. The maximum absolute atomic E-state index is 13.6. The van der Waals surface area contributed by atoms with Gasteiger partial charge in [-0.2, -0.15) is 0 Å². The van der Waals surface area contributed by atoms with E-state index in [4.69, 9.17) is 4.74 Å². The molecule has 0 aromatic heterocycles. The first-order valence-electron chi connectivity index (χ1n) is 15.8. The van der Waals surface area contributed by atoms with E-state index >= 15 is 0 Å². The van der Waals surface area contributed by atoms with Crippen LogP contribution in [0.25, 0.3) is 0 Å². The fourth-order valence-corrected chi connectivity index (χ4v) is 5.56. The van der Waals surface area contributed by atoms with Gasteiger partial charge < -0.3 is 25.6 Å². The number of amides is 4. The highest BCUT2D eigenvalue weighted by Gasteiger charge is 2.40. The van der Waals surface area contributed by atoms with Crippen molar-refractivity contribution in [2.45, 2.75) is 70.1 Å². The van der Waals surface area contributed by atoms with Gasteiger partial charge in [-0.1, -0.05) is 91.0 Å². The Kier molecular flexibility index (Phi) is 12.5. The van der Waals surface area contributed by atoms with Crippen molar-refractivity contribution >= 4 is 23.8 Å². The third kappa shape index (κ3) is 10.5. The number of nitrogens with one attached hydrogen (secondary N) is 3. The van der Waals surface area contributed by atoms with Crippen molar-refractivity contribution < 1.29 is 23.9 Å². The van der Waals surface area contributed by atoms with E-state index in [9.17, 15) is 19.2 Å². The molecule has 0 unspecified atom stereocenters. The second-order valence-electron chi connectivity index (χ2n) is 11.7. The van der Waals surface area contributed by atoms with E-state index in [1.165, 1.54) is 5.56 Å². The van der Waals surface area contributed by atoms with Crippen LogP contribution in [0.5, 0.6) is 0 Å². The van der Waals surface area contributed by atoms with Crippen LogP contribution in [0.2, 0.25) is 0 Å². The van der Waals surface area contributed by atoms with Gasteiger partial charge in [0, 0.05) is 32.5 Å². The predicted octanol–water partition coefficient (Wildman–Crippen LogP) is 4.55. The molecule has 1 fully saturated rings. The molecule has 3 N–H and O–H groups in total. The Morgan fingerprint density at radius 2 is 1.40 bits per heavy atom. The lowest BCUT2D eigenvalue weighted by Gasteiger charge is -2.33. The van der Waals surface area contributed by atoms with E-state index in [0.29, 0.717) is 45.3 Å². The Bertz CT molecular complexity index is 1390. The molecule has 1 saturated heterocycles. The van der Waals surface area contributed by atoms with Crippen LogP contribution >= 0.6 is 0 Å². The molecule has 2 atom stereocenters. The molecular weight excluding hydrogens is 568 g/mol. The van der Waals surface area contributed by atoms with Gasteiger partial charge in [0.1, 0.15) is 18.2 Å².